The molecule has 0 aromatic heterocycles. The fourth-order valence-corrected chi connectivity index (χ4v) is 0.100. The zero-order valence-corrected chi connectivity index (χ0v) is 3.89. The van der Waals surface area contributed by atoms with Gasteiger partial charge in [-0.25, -0.2) is 5.01 Å². The summed E-state index contributed by atoms with van der Waals surface area (Å²) in [6, 6.07) is 0. The maximum atomic E-state index is 7.83. The molecule has 0 saturated heterocycles. The Morgan fingerprint density at radius 1 is 1.50 bits per heavy atom. The van der Waals surface area contributed by atoms with Crippen molar-refractivity contribution >= 4 is 0 Å². The number of rotatable bonds is 2. The molecule has 6 heavy (non-hydrogen) atoms. The van der Waals surface area contributed by atoms with Crippen LogP contribution < -0.4 is 11.1 Å². The molecule has 0 unspecified atom stereocenters. The lowest BCUT2D eigenvalue weighted by Gasteiger charge is -2.06. The molecule has 0 radical (unpaired) electrons. The lowest BCUT2D eigenvalue weighted by molar-refractivity contribution is 0.0450. The van der Waals surface area contributed by atoms with Gasteiger partial charge in [0.1, 0.15) is 0 Å². The van der Waals surface area contributed by atoms with Gasteiger partial charge >= 0.3 is 0 Å². The molecule has 0 aromatic carbocycles. The van der Waals surface area contributed by atoms with Crippen molar-refractivity contribution in [2.75, 3.05) is 14.1 Å². The molecule has 0 aliphatic rings. The van der Waals surface area contributed by atoms with E-state index < -0.39 is 0 Å². The second-order valence-electron chi connectivity index (χ2n) is 1.12. The summed E-state index contributed by atoms with van der Waals surface area (Å²) in [5.41, 5.74) is 4.09. The summed E-state index contributed by atoms with van der Waals surface area (Å²) >= 11 is 0. The molecule has 0 aromatic rings. The van der Waals surface area contributed by atoms with Crippen molar-refractivity contribution in [2.24, 2.45) is 0 Å². The molecule has 0 aliphatic carbocycles. The van der Waals surface area contributed by atoms with Crippen LogP contribution in [0, 0.1) is 0 Å². The van der Waals surface area contributed by atoms with Crippen LogP contribution in [0.5, 0.6) is 0 Å². The van der Waals surface area contributed by atoms with E-state index in [9.17, 15) is 0 Å². The highest BCUT2D eigenvalue weighted by molar-refractivity contribution is 4.10. The highest BCUT2D eigenvalue weighted by Crippen LogP contribution is 1.49. The van der Waals surface area contributed by atoms with Crippen molar-refractivity contribution in [1.29, 1.82) is 0 Å². The maximum Gasteiger partial charge on any atom is 0.00270 e. The van der Waals surface area contributed by atoms with Crippen molar-refractivity contribution in [3.8, 4) is 0 Å². The first-order valence-electron chi connectivity index (χ1n) is 1.59. The van der Waals surface area contributed by atoms with E-state index in [2.05, 4.69) is 5.53 Å². The van der Waals surface area contributed by atoms with Gasteiger partial charge in [-0.05, 0) is 0 Å². The fraction of sp³-hybridized carbons (Fsp3) is 1.00. The molecule has 0 bridgehead atoms. The van der Waals surface area contributed by atoms with Gasteiger partial charge in [-0.3, -0.25) is 0 Å². The van der Waals surface area contributed by atoms with Gasteiger partial charge in [0.15, 0.2) is 0 Å². The van der Waals surface area contributed by atoms with Crippen LogP contribution >= 0.6 is 0 Å². The maximum absolute atomic E-state index is 7.83. The predicted molar refractivity (Wildman–Crippen MR) is 21.7 cm³/mol. The molecule has 4 nitrogen and oxygen atoms in total. The van der Waals surface area contributed by atoms with E-state index in [1.54, 1.807) is 24.7 Å². The Labute approximate surface area is 36.7 Å². The van der Waals surface area contributed by atoms with Crippen molar-refractivity contribution in [1.82, 2.24) is 16.1 Å². The van der Waals surface area contributed by atoms with Crippen LogP contribution in [-0.4, -0.2) is 24.3 Å². The molecule has 0 fully saturated rings. The SMILES string of the molecule is CN(C)NNO. The largest absolute Gasteiger partial charge is 0.301 e. The Morgan fingerprint density at radius 3 is 2.00 bits per heavy atom. The van der Waals surface area contributed by atoms with Crippen LogP contribution in [0.25, 0.3) is 0 Å². The van der Waals surface area contributed by atoms with Gasteiger partial charge in [0.05, 0.1) is 0 Å². The van der Waals surface area contributed by atoms with E-state index in [1.165, 1.54) is 0 Å². The number of hydrogen-bond acceptors (Lipinski definition) is 4. The second-order valence-corrected chi connectivity index (χ2v) is 1.12. The van der Waals surface area contributed by atoms with Crippen molar-refractivity contribution < 1.29 is 5.21 Å². The summed E-state index contributed by atoms with van der Waals surface area (Å²) in [5.74, 6) is 0. The summed E-state index contributed by atoms with van der Waals surface area (Å²) in [6.45, 7) is 0. The lowest BCUT2D eigenvalue weighted by atomic mass is 11.2. The molecule has 4 heteroatoms. The van der Waals surface area contributed by atoms with Crippen LogP contribution in [-0.2, 0) is 0 Å². The zero-order chi connectivity index (χ0) is 4.99. The highest BCUT2D eigenvalue weighted by atomic mass is 16.5. The molecule has 0 heterocycles. The molecule has 0 saturated carbocycles. The number of nitrogens with one attached hydrogen (secondary N) is 2. The molecule has 38 valence electrons. The van der Waals surface area contributed by atoms with E-state index in [0.29, 0.717) is 0 Å². The van der Waals surface area contributed by atoms with Crippen molar-refractivity contribution in [3.63, 3.8) is 0 Å². The monoisotopic (exact) mass is 91.1 g/mol. The van der Waals surface area contributed by atoms with Crippen molar-refractivity contribution in [2.45, 2.75) is 0 Å². The van der Waals surface area contributed by atoms with E-state index in [0.717, 1.165) is 0 Å². The van der Waals surface area contributed by atoms with E-state index in [4.69, 9.17) is 5.21 Å². The first-order chi connectivity index (χ1) is 2.77. The minimum absolute atomic E-state index is 1.57. The number of nitrogens with zero attached hydrogens (tertiary/aromatic N) is 1. The fourth-order valence-electron chi connectivity index (χ4n) is 0.100. The Balaban J connectivity index is 2.63. The third-order valence-electron chi connectivity index (χ3n) is 0.274. The summed E-state index contributed by atoms with van der Waals surface area (Å²) < 4.78 is 0. The number of hydrazine groups is 2. The van der Waals surface area contributed by atoms with E-state index >= 15 is 0 Å². The summed E-state index contributed by atoms with van der Waals surface area (Å²) in [5, 5.41) is 9.40. The molecule has 0 rings (SSSR count). The Bertz CT molecular complexity index is 30.0. The number of hydrogen-bond donors (Lipinski definition) is 3. The minimum atomic E-state index is 1.57. The molecule has 0 atom stereocenters. The Morgan fingerprint density at radius 2 is 2.00 bits per heavy atom. The molecule has 0 amide bonds. The van der Waals surface area contributed by atoms with Crippen LogP contribution in [0.2, 0.25) is 0 Å². The minimum Gasteiger partial charge on any atom is -0.301 e. The molecule has 0 aliphatic heterocycles. The molecule has 3 N–H and O–H groups in total. The van der Waals surface area contributed by atoms with Gasteiger partial charge < -0.3 is 5.21 Å². The van der Waals surface area contributed by atoms with Gasteiger partial charge in [-0.15, -0.1) is 5.59 Å². The van der Waals surface area contributed by atoms with Crippen LogP contribution in [0.3, 0.4) is 0 Å². The van der Waals surface area contributed by atoms with E-state index in [1.807, 2.05) is 0 Å². The summed E-state index contributed by atoms with van der Waals surface area (Å²) in [6.07, 6.45) is 0. The Hall–Kier alpha value is -0.160. The Kier molecular flexibility index (Phi) is 2.97. The first kappa shape index (κ1) is 5.84. The lowest BCUT2D eigenvalue weighted by Crippen LogP contribution is -2.39. The topological polar surface area (TPSA) is 47.5 Å². The predicted octanol–water partition coefficient (Wildman–Crippen LogP) is -1.05. The normalized spacial score (nSPS) is 10.0. The third-order valence-corrected chi connectivity index (χ3v) is 0.274. The van der Waals surface area contributed by atoms with Gasteiger partial charge in [0.25, 0.3) is 0 Å². The van der Waals surface area contributed by atoms with Crippen LogP contribution in [0.4, 0.5) is 0 Å². The van der Waals surface area contributed by atoms with Crippen LogP contribution in [0.15, 0.2) is 0 Å². The summed E-state index contributed by atoms with van der Waals surface area (Å²) in [7, 11) is 3.51. The van der Waals surface area contributed by atoms with Gasteiger partial charge in [-0.1, -0.05) is 0 Å². The second kappa shape index (κ2) is 3.05. The van der Waals surface area contributed by atoms with Crippen LogP contribution in [0.1, 0.15) is 0 Å². The zero-order valence-electron chi connectivity index (χ0n) is 3.89. The van der Waals surface area contributed by atoms with Crippen molar-refractivity contribution in [3.05, 3.63) is 0 Å². The molecular formula is C2H9N3O. The van der Waals surface area contributed by atoms with Gasteiger partial charge in [-0.2, -0.15) is 5.53 Å². The van der Waals surface area contributed by atoms with Gasteiger partial charge in [0.2, 0.25) is 0 Å². The smallest absolute Gasteiger partial charge is 0.00270 e. The molecule has 0 spiro atoms. The summed E-state index contributed by atoms with van der Waals surface area (Å²) in [4.78, 5) is 0. The highest BCUT2D eigenvalue weighted by Gasteiger charge is 1.75. The third kappa shape index (κ3) is 3.84. The van der Waals surface area contributed by atoms with E-state index in [-0.39, 0.29) is 0 Å². The quantitative estimate of drug-likeness (QED) is 0.379. The average Bonchev–Trinajstić information content (AvgIpc) is 1.35. The average molecular weight is 91.1 g/mol. The molecular weight excluding hydrogens is 82.0 g/mol. The standard InChI is InChI=1S/C2H9N3O/c1-5(2)3-4-6/h3-4,6H,1-2H3. The first-order valence-corrected chi connectivity index (χ1v) is 1.59. The van der Waals surface area contributed by atoms with Gasteiger partial charge in [0, 0.05) is 14.1 Å².